The van der Waals surface area contributed by atoms with Gasteiger partial charge in [-0.15, -0.1) is 5.10 Å². The van der Waals surface area contributed by atoms with Crippen molar-refractivity contribution in [3.05, 3.63) is 36.2 Å². The molecule has 2 unspecified atom stereocenters. The molecular weight excluding hydrogens is 529 g/mol. The van der Waals surface area contributed by atoms with Crippen molar-refractivity contribution < 1.29 is 26.6 Å². The van der Waals surface area contributed by atoms with Crippen LogP contribution in [0.25, 0.3) is 16.6 Å². The number of likely N-dealkylation sites (tertiary alicyclic amines) is 1. The van der Waals surface area contributed by atoms with Crippen molar-refractivity contribution >= 4 is 22.8 Å². The van der Waals surface area contributed by atoms with Gasteiger partial charge >= 0.3 is 0 Å². The number of anilines is 1. The number of azo groups is 2. The summed E-state index contributed by atoms with van der Waals surface area (Å²) in [6.45, 7) is 10.0. The molecule has 2 fully saturated rings. The summed E-state index contributed by atoms with van der Waals surface area (Å²) in [5, 5.41) is 11.7. The highest BCUT2D eigenvalue weighted by Gasteiger charge is 2.49. The van der Waals surface area contributed by atoms with Crippen LogP contribution in [0.1, 0.15) is 52.7 Å². The number of rotatable bonds is 6. The predicted octanol–water partition coefficient (Wildman–Crippen LogP) is 7.39. The molecule has 40 heavy (non-hydrogen) atoms. The summed E-state index contributed by atoms with van der Waals surface area (Å²) in [6.07, 6.45) is -1.86. The molecule has 0 amide bonds. The number of aromatic nitrogens is 3. The second-order valence-corrected chi connectivity index (χ2v) is 9.79. The van der Waals surface area contributed by atoms with E-state index in [0.717, 1.165) is 16.6 Å². The summed E-state index contributed by atoms with van der Waals surface area (Å²) < 4.78 is 69.8. The maximum Gasteiger partial charge on any atom is 0.298 e. The van der Waals surface area contributed by atoms with Crippen LogP contribution in [0, 0.1) is 6.92 Å². The Kier molecular flexibility index (Phi) is 9.06. The molecule has 0 spiro atoms. The first-order valence-electron chi connectivity index (χ1n) is 14.0. The molecule has 2 atom stereocenters. The van der Waals surface area contributed by atoms with Gasteiger partial charge in [-0.2, -0.15) is 0 Å². The van der Waals surface area contributed by atoms with Crippen LogP contribution in [0.15, 0.2) is 35.6 Å². The molecular formula is C28H37F5N7+. The fraction of sp³-hybridized carbons (Fsp3) is 0.571. The van der Waals surface area contributed by atoms with Crippen molar-refractivity contribution in [2.75, 3.05) is 25.0 Å². The van der Waals surface area contributed by atoms with Crippen molar-refractivity contribution in [3.63, 3.8) is 0 Å². The Morgan fingerprint density at radius 1 is 1.12 bits per heavy atom. The fourth-order valence-corrected chi connectivity index (χ4v) is 5.36. The second-order valence-electron chi connectivity index (χ2n) is 9.79. The number of piperidine rings is 1. The van der Waals surface area contributed by atoms with Crippen molar-refractivity contribution in [1.82, 2.24) is 19.5 Å². The van der Waals surface area contributed by atoms with Gasteiger partial charge in [0.05, 0.1) is 17.3 Å². The molecule has 6 rings (SSSR count). The summed E-state index contributed by atoms with van der Waals surface area (Å²) in [5.41, 5.74) is 4.43. The molecule has 0 radical (unpaired) electrons. The fourth-order valence-electron chi connectivity index (χ4n) is 5.36. The molecule has 3 aromatic rings. The molecule has 1 aromatic carbocycles. The lowest BCUT2D eigenvalue weighted by Gasteiger charge is -2.46. The number of alkyl halides is 5. The number of nitrogens with one attached hydrogen (secondary N) is 1. The molecule has 4 heterocycles. The number of benzene rings is 1. The Morgan fingerprint density at radius 2 is 1.85 bits per heavy atom. The summed E-state index contributed by atoms with van der Waals surface area (Å²) >= 11 is 0. The highest BCUT2D eigenvalue weighted by atomic mass is 19.3. The topological polar surface area (TPSA) is 60.8 Å². The van der Waals surface area contributed by atoms with E-state index in [1.807, 2.05) is 57.7 Å². The van der Waals surface area contributed by atoms with Gasteiger partial charge in [-0.1, -0.05) is 38.5 Å². The molecule has 1 aliphatic carbocycles. The largest absolute Gasteiger partial charge is 0.347 e. The summed E-state index contributed by atoms with van der Waals surface area (Å²) in [5.74, 6) is -2.33. The van der Waals surface area contributed by atoms with E-state index in [-0.39, 0.29) is 31.4 Å². The maximum atomic E-state index is 14.9. The molecule has 218 valence electrons. The van der Waals surface area contributed by atoms with Crippen LogP contribution in [-0.4, -0.2) is 74.4 Å². The minimum Gasteiger partial charge on any atom is -0.347 e. The van der Waals surface area contributed by atoms with Crippen LogP contribution >= 0.6 is 0 Å². The van der Waals surface area contributed by atoms with Gasteiger partial charge in [-0.25, -0.2) is 31.5 Å². The van der Waals surface area contributed by atoms with Crippen molar-refractivity contribution in [3.8, 4) is 11.1 Å². The number of halogens is 5. The monoisotopic (exact) mass is 566 g/mol. The highest BCUT2D eigenvalue weighted by molar-refractivity contribution is 5.85. The van der Waals surface area contributed by atoms with E-state index in [1.54, 1.807) is 16.8 Å². The lowest BCUT2D eigenvalue weighted by atomic mass is 9.85. The molecule has 3 aliphatic rings. The standard InChI is InChI=1S/C24H25F5N7.2C2H6/c1-13-22-16(14-2-3-19-20(8-14)36(32-19)12-21(26)27)4-7-35(22)33-23(30-13)31-18-5-6-34(11-17(18)25)15-9-24(28,29)10-15;2*1-2/h2-4,7-8,15,17-18,21H,5-6,9-12H2,1H3,(H,30,31,33);2*1-2H3/q+1;;. The third kappa shape index (κ3) is 5.96. The van der Waals surface area contributed by atoms with Crippen LogP contribution < -0.4 is 5.32 Å². The SMILES string of the molecule is CC.CC.Cc1nc(NC2CCN(C3CC(F)(F)C3)CC2F)nn2ccc(-c3ccc4c(c3)[N+](CC(F)F)=N4)c12. The highest BCUT2D eigenvalue weighted by Crippen LogP contribution is 2.42. The van der Waals surface area contributed by atoms with E-state index < -0.39 is 31.1 Å². The molecule has 1 N–H and O–H groups in total. The van der Waals surface area contributed by atoms with E-state index >= 15 is 0 Å². The Hall–Kier alpha value is -3.15. The third-order valence-corrected chi connectivity index (χ3v) is 7.26. The molecule has 1 saturated heterocycles. The molecule has 7 nitrogen and oxygen atoms in total. The number of fused-ring (bicyclic) bond motifs is 2. The molecule has 2 aliphatic heterocycles. The van der Waals surface area contributed by atoms with Crippen molar-refractivity contribution in [2.45, 2.75) is 84.5 Å². The van der Waals surface area contributed by atoms with E-state index in [1.165, 1.54) is 4.70 Å². The normalized spacial score (nSPS) is 21.7. The Balaban J connectivity index is 0.000000886. The second kappa shape index (κ2) is 12.2. The van der Waals surface area contributed by atoms with Crippen LogP contribution in [0.5, 0.6) is 0 Å². The lowest BCUT2D eigenvalue weighted by molar-refractivity contribution is -0.536. The zero-order chi connectivity index (χ0) is 29.2. The molecule has 1 saturated carbocycles. The first kappa shape index (κ1) is 29.8. The van der Waals surface area contributed by atoms with Gasteiger partial charge in [0, 0.05) is 54.9 Å². The van der Waals surface area contributed by atoms with E-state index in [4.69, 9.17) is 0 Å². The van der Waals surface area contributed by atoms with E-state index in [9.17, 15) is 22.0 Å². The zero-order valence-electron chi connectivity index (χ0n) is 23.5. The third-order valence-electron chi connectivity index (χ3n) is 7.26. The Morgan fingerprint density at radius 3 is 2.50 bits per heavy atom. The first-order valence-corrected chi connectivity index (χ1v) is 14.0. The van der Waals surface area contributed by atoms with Crippen LogP contribution in [0.2, 0.25) is 0 Å². The van der Waals surface area contributed by atoms with Gasteiger partial charge in [-0.05, 0) is 31.0 Å². The van der Waals surface area contributed by atoms with Crippen LogP contribution in [0.3, 0.4) is 0 Å². The smallest absolute Gasteiger partial charge is 0.298 e. The zero-order valence-corrected chi connectivity index (χ0v) is 23.5. The van der Waals surface area contributed by atoms with Gasteiger partial charge in [-0.3, -0.25) is 4.90 Å². The van der Waals surface area contributed by atoms with Crippen molar-refractivity contribution in [1.29, 1.82) is 0 Å². The summed E-state index contributed by atoms with van der Waals surface area (Å²) in [4.78, 5) is 6.36. The molecule has 12 heteroatoms. The van der Waals surface area contributed by atoms with E-state index in [0.29, 0.717) is 30.0 Å². The average molecular weight is 567 g/mol. The first-order chi connectivity index (χ1) is 19.2. The Labute approximate surface area is 231 Å². The van der Waals surface area contributed by atoms with Gasteiger partial charge < -0.3 is 5.32 Å². The quantitative estimate of drug-likeness (QED) is 0.250. The van der Waals surface area contributed by atoms with Gasteiger partial charge in [0.2, 0.25) is 18.2 Å². The lowest BCUT2D eigenvalue weighted by Crippen LogP contribution is -2.57. The molecule has 2 aromatic heterocycles. The van der Waals surface area contributed by atoms with Gasteiger partial charge in [0.1, 0.15) is 6.17 Å². The predicted molar refractivity (Wildman–Crippen MR) is 145 cm³/mol. The minimum atomic E-state index is -2.62. The molecule has 0 bridgehead atoms. The Bertz CT molecular complexity index is 1350. The van der Waals surface area contributed by atoms with E-state index in [2.05, 4.69) is 20.5 Å². The average Bonchev–Trinajstić information content (AvgIpc) is 3.34. The van der Waals surface area contributed by atoms with Crippen LogP contribution in [-0.2, 0) is 0 Å². The van der Waals surface area contributed by atoms with Gasteiger partial charge in [0.25, 0.3) is 18.0 Å². The maximum absolute atomic E-state index is 14.9. The minimum absolute atomic E-state index is 0.112. The summed E-state index contributed by atoms with van der Waals surface area (Å²) in [6, 6.07) is 6.61. The summed E-state index contributed by atoms with van der Waals surface area (Å²) in [7, 11) is 0. The van der Waals surface area contributed by atoms with Gasteiger partial charge in [0.15, 0.2) is 0 Å². The number of aryl methyl sites for hydroxylation is 1. The number of nitrogens with zero attached hydrogens (tertiary/aromatic N) is 6. The number of hydrogen-bond donors (Lipinski definition) is 1. The van der Waals surface area contributed by atoms with Crippen molar-refractivity contribution in [2.24, 2.45) is 5.11 Å². The number of hydrogen-bond acceptors (Lipinski definition) is 5. The van der Waals surface area contributed by atoms with Crippen LogP contribution in [0.4, 0.5) is 39.3 Å².